The van der Waals surface area contributed by atoms with Crippen molar-refractivity contribution in [2.75, 3.05) is 5.32 Å². The lowest BCUT2D eigenvalue weighted by atomic mass is 10.1. The highest BCUT2D eigenvalue weighted by molar-refractivity contribution is 5.91. The molecule has 0 radical (unpaired) electrons. The molecule has 0 aliphatic heterocycles. The van der Waals surface area contributed by atoms with Crippen molar-refractivity contribution in [3.63, 3.8) is 0 Å². The Morgan fingerprint density at radius 3 is 2.89 bits per heavy atom. The molecule has 2 heterocycles. The average molecular weight is 257 g/mol. The Hall–Kier alpha value is -2.24. The van der Waals surface area contributed by atoms with Crippen LogP contribution in [0.1, 0.15) is 25.7 Å². The van der Waals surface area contributed by atoms with Crippen LogP contribution >= 0.6 is 0 Å². The lowest BCUT2D eigenvalue weighted by molar-refractivity contribution is -0.119. The molecule has 19 heavy (non-hydrogen) atoms. The molecule has 98 valence electrons. The molecule has 3 rings (SSSR count). The number of nitrogens with zero attached hydrogens (tertiary/aromatic N) is 4. The van der Waals surface area contributed by atoms with Crippen molar-refractivity contribution in [3.05, 3.63) is 31.1 Å². The van der Waals surface area contributed by atoms with Gasteiger partial charge in [0.1, 0.15) is 24.3 Å². The van der Waals surface area contributed by atoms with Crippen LogP contribution in [0.25, 0.3) is 5.82 Å². The van der Waals surface area contributed by atoms with Crippen LogP contribution in [0.15, 0.2) is 31.1 Å². The molecule has 6 nitrogen and oxygen atoms in total. The predicted octanol–water partition coefficient (Wildman–Crippen LogP) is 1.79. The van der Waals surface area contributed by atoms with Crippen LogP contribution in [-0.4, -0.2) is 25.4 Å². The maximum Gasteiger partial charge on any atom is 0.228 e. The van der Waals surface area contributed by atoms with E-state index in [9.17, 15) is 4.79 Å². The minimum atomic E-state index is 0.0628. The van der Waals surface area contributed by atoms with Gasteiger partial charge in [0.2, 0.25) is 5.91 Å². The fraction of sp³-hybridized carbons (Fsp3) is 0.385. The Morgan fingerprint density at radius 1 is 1.32 bits per heavy atom. The number of imidazole rings is 1. The van der Waals surface area contributed by atoms with Crippen molar-refractivity contribution in [1.82, 2.24) is 19.5 Å². The van der Waals surface area contributed by atoms with Crippen molar-refractivity contribution in [3.8, 4) is 5.82 Å². The summed E-state index contributed by atoms with van der Waals surface area (Å²) in [6.45, 7) is 0. The zero-order chi connectivity index (χ0) is 13.1. The van der Waals surface area contributed by atoms with Crippen LogP contribution in [0.3, 0.4) is 0 Å². The topological polar surface area (TPSA) is 72.7 Å². The van der Waals surface area contributed by atoms with Gasteiger partial charge in [-0.25, -0.2) is 15.0 Å². The van der Waals surface area contributed by atoms with Crippen molar-refractivity contribution < 1.29 is 4.79 Å². The summed E-state index contributed by atoms with van der Waals surface area (Å²) in [7, 11) is 0. The van der Waals surface area contributed by atoms with Crippen LogP contribution in [-0.2, 0) is 4.79 Å². The summed E-state index contributed by atoms with van der Waals surface area (Å²) in [5.74, 6) is 1.42. The quantitative estimate of drug-likeness (QED) is 0.909. The van der Waals surface area contributed by atoms with E-state index in [1.807, 2.05) is 0 Å². The Labute approximate surface area is 110 Å². The van der Waals surface area contributed by atoms with Crippen molar-refractivity contribution in [2.24, 2.45) is 5.92 Å². The fourth-order valence-electron chi connectivity index (χ4n) is 2.37. The Balaban J connectivity index is 1.74. The number of aromatic nitrogens is 4. The van der Waals surface area contributed by atoms with E-state index in [2.05, 4.69) is 20.3 Å². The van der Waals surface area contributed by atoms with Crippen LogP contribution in [0, 0.1) is 5.92 Å². The zero-order valence-corrected chi connectivity index (χ0v) is 10.5. The number of carbonyl (C=O) groups is 1. The summed E-state index contributed by atoms with van der Waals surface area (Å²) >= 11 is 0. The summed E-state index contributed by atoms with van der Waals surface area (Å²) in [4.78, 5) is 24.2. The first-order chi connectivity index (χ1) is 9.33. The second kappa shape index (κ2) is 5.17. The monoisotopic (exact) mass is 257 g/mol. The molecule has 1 aliphatic rings. The van der Waals surface area contributed by atoms with Gasteiger partial charge in [-0.3, -0.25) is 9.36 Å². The third kappa shape index (κ3) is 2.62. The highest BCUT2D eigenvalue weighted by Crippen LogP contribution is 2.25. The molecule has 0 unspecified atom stereocenters. The van der Waals surface area contributed by atoms with Gasteiger partial charge < -0.3 is 5.32 Å². The van der Waals surface area contributed by atoms with Gasteiger partial charge in [0.25, 0.3) is 0 Å². The van der Waals surface area contributed by atoms with Gasteiger partial charge in [-0.05, 0) is 12.8 Å². The first-order valence-electron chi connectivity index (χ1n) is 6.44. The molecule has 0 bridgehead atoms. The van der Waals surface area contributed by atoms with E-state index in [-0.39, 0.29) is 11.8 Å². The molecule has 2 aromatic heterocycles. The van der Waals surface area contributed by atoms with Gasteiger partial charge in [0.15, 0.2) is 0 Å². The lowest BCUT2D eigenvalue weighted by Crippen LogP contribution is -2.21. The van der Waals surface area contributed by atoms with Gasteiger partial charge in [-0.1, -0.05) is 12.8 Å². The largest absolute Gasteiger partial charge is 0.310 e. The molecular formula is C13H15N5O. The first kappa shape index (κ1) is 11.8. The van der Waals surface area contributed by atoms with E-state index in [0.29, 0.717) is 11.6 Å². The van der Waals surface area contributed by atoms with Crippen molar-refractivity contribution in [2.45, 2.75) is 25.7 Å². The number of rotatable bonds is 3. The van der Waals surface area contributed by atoms with Crippen LogP contribution in [0.4, 0.5) is 5.82 Å². The molecule has 0 saturated heterocycles. The SMILES string of the molecule is O=C(Nc1cc(-n2ccnc2)ncn1)C1CCCC1. The number of anilines is 1. The van der Waals surface area contributed by atoms with Gasteiger partial charge in [0.05, 0.1) is 0 Å². The molecule has 0 atom stereocenters. The van der Waals surface area contributed by atoms with E-state index < -0.39 is 0 Å². The first-order valence-corrected chi connectivity index (χ1v) is 6.44. The molecule has 1 saturated carbocycles. The molecule has 0 spiro atoms. The molecule has 1 fully saturated rings. The van der Waals surface area contributed by atoms with Gasteiger partial charge in [0, 0.05) is 24.4 Å². The van der Waals surface area contributed by atoms with Crippen LogP contribution in [0.2, 0.25) is 0 Å². The number of hydrogen-bond acceptors (Lipinski definition) is 4. The summed E-state index contributed by atoms with van der Waals surface area (Å²) in [5, 5.41) is 2.86. The van der Waals surface area contributed by atoms with Crippen LogP contribution < -0.4 is 5.32 Å². The third-order valence-electron chi connectivity index (χ3n) is 3.40. The lowest BCUT2D eigenvalue weighted by Gasteiger charge is -2.10. The molecule has 1 amide bonds. The highest BCUT2D eigenvalue weighted by atomic mass is 16.1. The number of hydrogen-bond donors (Lipinski definition) is 1. The maximum absolute atomic E-state index is 12.0. The molecule has 1 N–H and O–H groups in total. The second-order valence-corrected chi connectivity index (χ2v) is 4.70. The van der Waals surface area contributed by atoms with E-state index in [1.165, 1.54) is 6.33 Å². The normalized spacial score (nSPS) is 15.6. The Bertz CT molecular complexity index is 560. The smallest absolute Gasteiger partial charge is 0.228 e. The fourth-order valence-corrected chi connectivity index (χ4v) is 2.37. The maximum atomic E-state index is 12.0. The summed E-state index contributed by atoms with van der Waals surface area (Å²) in [6.07, 6.45) is 10.8. The van der Waals surface area contributed by atoms with Crippen LogP contribution in [0.5, 0.6) is 0 Å². The Kier molecular flexibility index (Phi) is 3.22. The molecular weight excluding hydrogens is 242 g/mol. The molecule has 6 heteroatoms. The standard InChI is InChI=1S/C13H15N5O/c19-13(10-3-1-2-4-10)17-11-7-12(16-8-15-11)18-6-5-14-9-18/h5-10H,1-4H2,(H,15,16,17,19). The third-order valence-corrected chi connectivity index (χ3v) is 3.40. The van der Waals surface area contributed by atoms with Gasteiger partial charge in [-0.2, -0.15) is 0 Å². The number of nitrogens with one attached hydrogen (secondary N) is 1. The minimum absolute atomic E-state index is 0.0628. The second-order valence-electron chi connectivity index (χ2n) is 4.70. The van der Waals surface area contributed by atoms with E-state index in [4.69, 9.17) is 0 Å². The summed E-state index contributed by atoms with van der Waals surface area (Å²) in [5.41, 5.74) is 0. The number of carbonyl (C=O) groups excluding carboxylic acids is 1. The van der Waals surface area contributed by atoms with Gasteiger partial charge >= 0.3 is 0 Å². The van der Waals surface area contributed by atoms with E-state index >= 15 is 0 Å². The summed E-state index contributed by atoms with van der Waals surface area (Å²) in [6, 6.07) is 1.74. The molecule has 2 aromatic rings. The molecule has 0 aromatic carbocycles. The molecule has 1 aliphatic carbocycles. The van der Waals surface area contributed by atoms with E-state index in [1.54, 1.807) is 29.4 Å². The van der Waals surface area contributed by atoms with Crippen molar-refractivity contribution in [1.29, 1.82) is 0 Å². The highest BCUT2D eigenvalue weighted by Gasteiger charge is 2.22. The predicted molar refractivity (Wildman–Crippen MR) is 69.7 cm³/mol. The Morgan fingerprint density at radius 2 is 2.16 bits per heavy atom. The number of amides is 1. The summed E-state index contributed by atoms with van der Waals surface area (Å²) < 4.78 is 1.77. The minimum Gasteiger partial charge on any atom is -0.310 e. The van der Waals surface area contributed by atoms with Crippen molar-refractivity contribution >= 4 is 11.7 Å². The average Bonchev–Trinajstić information content (AvgIpc) is 3.13. The van der Waals surface area contributed by atoms with Gasteiger partial charge in [-0.15, -0.1) is 0 Å². The van der Waals surface area contributed by atoms with E-state index in [0.717, 1.165) is 25.7 Å². The zero-order valence-electron chi connectivity index (χ0n) is 10.5.